The van der Waals surface area contributed by atoms with Crippen molar-refractivity contribution in [2.24, 2.45) is 0 Å². The number of rotatable bonds is 3. The Morgan fingerprint density at radius 3 is 2.89 bits per heavy atom. The first-order chi connectivity index (χ1) is 13.6. The average molecular weight is 386 g/mol. The highest BCUT2D eigenvalue weighted by atomic mass is 19.1. The number of hydrogen-bond donors (Lipinski definition) is 1. The van der Waals surface area contributed by atoms with Crippen molar-refractivity contribution in [3.05, 3.63) is 41.9 Å². The van der Waals surface area contributed by atoms with E-state index in [0.717, 1.165) is 47.9 Å². The Kier molecular flexibility index (Phi) is 3.85. The number of nitrogens with zero attached hydrogens (tertiary/aromatic N) is 5. The highest BCUT2D eigenvalue weighted by Crippen LogP contribution is 2.35. The van der Waals surface area contributed by atoms with Crippen molar-refractivity contribution in [1.29, 1.82) is 0 Å². The van der Waals surface area contributed by atoms with Gasteiger partial charge in [0.15, 0.2) is 0 Å². The van der Waals surface area contributed by atoms with Crippen LogP contribution in [0.3, 0.4) is 0 Å². The fraction of sp³-hybridized carbons (Fsp3) is 0.333. The Morgan fingerprint density at radius 1 is 1.25 bits per heavy atom. The van der Waals surface area contributed by atoms with Crippen molar-refractivity contribution in [1.82, 2.24) is 19.9 Å². The molecular formula is C18H16F2N6O2. The number of carbonyl (C=O) groups excluding carboxylic acids is 1. The zero-order valence-electron chi connectivity index (χ0n) is 14.7. The molecule has 1 unspecified atom stereocenters. The third kappa shape index (κ3) is 2.63. The quantitative estimate of drug-likeness (QED) is 0.744. The Morgan fingerprint density at radius 2 is 2.07 bits per heavy atom. The highest BCUT2D eigenvalue weighted by Gasteiger charge is 2.37. The van der Waals surface area contributed by atoms with Gasteiger partial charge < -0.3 is 14.7 Å². The highest BCUT2D eigenvalue weighted by molar-refractivity contribution is 5.96. The van der Waals surface area contributed by atoms with E-state index in [1.807, 2.05) is 4.68 Å². The summed E-state index contributed by atoms with van der Waals surface area (Å²) in [7, 11) is 0. The fourth-order valence-electron chi connectivity index (χ4n) is 3.69. The summed E-state index contributed by atoms with van der Waals surface area (Å²) in [5, 5.41) is 11.6. The Hall–Kier alpha value is -3.30. The number of carbonyl (C=O) groups is 1. The summed E-state index contributed by atoms with van der Waals surface area (Å²) in [5.74, 6) is -0.927. The lowest BCUT2D eigenvalue weighted by Crippen LogP contribution is -2.26. The molecule has 0 radical (unpaired) electrons. The minimum Gasteiger partial charge on any atom is -0.370 e. The van der Waals surface area contributed by atoms with Crippen molar-refractivity contribution in [3.8, 4) is 11.4 Å². The molecular weight excluding hydrogens is 370 g/mol. The van der Waals surface area contributed by atoms with Crippen molar-refractivity contribution < 1.29 is 18.1 Å². The molecule has 1 aromatic carbocycles. The molecule has 2 aliphatic heterocycles. The van der Waals surface area contributed by atoms with Gasteiger partial charge in [0.25, 0.3) is 0 Å². The van der Waals surface area contributed by atoms with Crippen molar-refractivity contribution >= 4 is 17.4 Å². The van der Waals surface area contributed by atoms with Gasteiger partial charge in [-0.05, 0) is 18.6 Å². The Bertz CT molecular complexity index is 1040. The molecule has 10 heteroatoms. The zero-order chi connectivity index (χ0) is 19.3. The largest absolute Gasteiger partial charge is 0.370 e. The van der Waals surface area contributed by atoms with E-state index in [1.165, 1.54) is 6.07 Å². The van der Waals surface area contributed by atoms with Gasteiger partial charge >= 0.3 is 0 Å². The maximum atomic E-state index is 14.1. The van der Waals surface area contributed by atoms with Crippen LogP contribution in [0, 0.1) is 11.6 Å². The number of nitrogens with one attached hydrogen (secondary N) is 1. The van der Waals surface area contributed by atoms with Gasteiger partial charge in [-0.25, -0.2) is 13.5 Å². The lowest BCUT2D eigenvalue weighted by Gasteiger charge is -2.17. The maximum Gasteiger partial charge on any atom is 0.232 e. The predicted octanol–water partition coefficient (Wildman–Crippen LogP) is 2.55. The number of halogens is 2. The lowest BCUT2D eigenvalue weighted by molar-refractivity contribution is -0.117. The first-order valence-electron chi connectivity index (χ1n) is 9.00. The third-order valence-corrected chi connectivity index (χ3v) is 5.04. The molecule has 4 heterocycles. The van der Waals surface area contributed by atoms with E-state index in [4.69, 9.17) is 4.52 Å². The molecule has 0 aliphatic carbocycles. The average Bonchev–Trinajstić information content (AvgIpc) is 3.40. The molecule has 1 saturated heterocycles. The molecule has 0 bridgehead atoms. The van der Waals surface area contributed by atoms with E-state index >= 15 is 0 Å². The van der Waals surface area contributed by atoms with Gasteiger partial charge in [0, 0.05) is 26.1 Å². The van der Waals surface area contributed by atoms with Gasteiger partial charge in [0.2, 0.25) is 17.6 Å². The van der Waals surface area contributed by atoms with Crippen LogP contribution < -0.4 is 10.2 Å². The second-order valence-corrected chi connectivity index (χ2v) is 6.84. The zero-order valence-corrected chi connectivity index (χ0v) is 14.7. The Labute approximate surface area is 158 Å². The van der Waals surface area contributed by atoms with Crippen LogP contribution in [-0.2, 0) is 11.3 Å². The number of aryl methyl sites for hydroxylation is 1. The molecule has 144 valence electrons. The molecule has 28 heavy (non-hydrogen) atoms. The van der Waals surface area contributed by atoms with Crippen LogP contribution in [0.2, 0.25) is 0 Å². The monoisotopic (exact) mass is 386 g/mol. The molecule has 1 N–H and O–H groups in total. The molecule has 2 aliphatic rings. The molecule has 8 nitrogen and oxygen atoms in total. The smallest absolute Gasteiger partial charge is 0.232 e. The Balaban J connectivity index is 1.41. The second-order valence-electron chi connectivity index (χ2n) is 6.84. The first kappa shape index (κ1) is 16.8. The number of amides is 1. The minimum absolute atomic E-state index is 0.0414. The normalized spacial score (nSPS) is 19.0. The van der Waals surface area contributed by atoms with Crippen LogP contribution in [0.4, 0.5) is 20.3 Å². The van der Waals surface area contributed by atoms with Gasteiger partial charge in [-0.3, -0.25) is 4.79 Å². The SMILES string of the molecule is O=C1CC(c2nc(-c3cnn4c3NCCC4)no2)CN1c1c(F)cccc1F. The summed E-state index contributed by atoms with van der Waals surface area (Å²) < 4.78 is 35.3. The summed E-state index contributed by atoms with van der Waals surface area (Å²) in [5.41, 5.74) is 0.376. The summed E-state index contributed by atoms with van der Waals surface area (Å²) >= 11 is 0. The number of para-hydroxylation sites is 1. The van der Waals surface area contributed by atoms with Crippen LogP contribution in [0.25, 0.3) is 11.4 Å². The van der Waals surface area contributed by atoms with Crippen LogP contribution in [-0.4, -0.2) is 38.9 Å². The van der Waals surface area contributed by atoms with Gasteiger partial charge in [-0.2, -0.15) is 10.1 Å². The number of anilines is 2. The summed E-state index contributed by atoms with van der Waals surface area (Å²) in [6, 6.07) is 3.51. The first-order valence-corrected chi connectivity index (χ1v) is 9.00. The number of hydrogen-bond acceptors (Lipinski definition) is 6. The van der Waals surface area contributed by atoms with Gasteiger partial charge in [-0.15, -0.1) is 0 Å². The molecule has 3 aromatic rings. The van der Waals surface area contributed by atoms with E-state index < -0.39 is 23.5 Å². The van der Waals surface area contributed by atoms with Crippen LogP contribution in [0.5, 0.6) is 0 Å². The summed E-state index contributed by atoms with van der Waals surface area (Å²) in [6.45, 7) is 1.72. The van der Waals surface area contributed by atoms with Gasteiger partial charge in [0.1, 0.15) is 23.1 Å². The third-order valence-electron chi connectivity index (χ3n) is 5.04. The standard InChI is InChI=1S/C18H16F2N6O2/c19-12-3-1-4-13(20)15(12)25-9-10(7-14(25)27)18-23-16(24-28-18)11-8-22-26-6-2-5-21-17(11)26/h1,3-4,8,10,21H,2,5-7,9H2. The van der Waals surface area contributed by atoms with E-state index in [1.54, 1.807) is 6.20 Å². The van der Waals surface area contributed by atoms with E-state index in [0.29, 0.717) is 5.82 Å². The van der Waals surface area contributed by atoms with Crippen LogP contribution >= 0.6 is 0 Å². The van der Waals surface area contributed by atoms with Crippen molar-refractivity contribution in [3.63, 3.8) is 0 Å². The molecule has 1 atom stereocenters. The fourth-order valence-corrected chi connectivity index (χ4v) is 3.69. The lowest BCUT2D eigenvalue weighted by atomic mass is 10.1. The topological polar surface area (TPSA) is 89.1 Å². The molecule has 1 fully saturated rings. The number of fused-ring (bicyclic) bond motifs is 1. The minimum atomic E-state index is -0.780. The molecule has 2 aromatic heterocycles. The number of benzene rings is 1. The summed E-state index contributed by atoms with van der Waals surface area (Å²) in [6.07, 6.45) is 2.70. The van der Waals surface area contributed by atoms with Gasteiger partial charge in [0.05, 0.1) is 17.7 Å². The van der Waals surface area contributed by atoms with E-state index in [9.17, 15) is 13.6 Å². The maximum absolute atomic E-state index is 14.1. The molecule has 0 spiro atoms. The molecule has 1 amide bonds. The van der Waals surface area contributed by atoms with E-state index in [-0.39, 0.29) is 24.5 Å². The number of aromatic nitrogens is 4. The molecule has 5 rings (SSSR count). The molecule has 0 saturated carbocycles. The predicted molar refractivity (Wildman–Crippen MR) is 94.7 cm³/mol. The van der Waals surface area contributed by atoms with Crippen LogP contribution in [0.1, 0.15) is 24.7 Å². The van der Waals surface area contributed by atoms with Crippen LogP contribution in [0.15, 0.2) is 28.9 Å². The second kappa shape index (κ2) is 6.39. The van der Waals surface area contributed by atoms with Crippen molar-refractivity contribution in [2.45, 2.75) is 25.3 Å². The van der Waals surface area contributed by atoms with Crippen molar-refractivity contribution in [2.75, 3.05) is 23.3 Å². The van der Waals surface area contributed by atoms with E-state index in [2.05, 4.69) is 20.6 Å². The van der Waals surface area contributed by atoms with Gasteiger partial charge in [-0.1, -0.05) is 11.2 Å². The summed E-state index contributed by atoms with van der Waals surface area (Å²) in [4.78, 5) is 17.9.